The molecule has 0 saturated carbocycles. The summed E-state index contributed by atoms with van der Waals surface area (Å²) >= 11 is 0. The zero-order valence-electron chi connectivity index (χ0n) is 16.2. The van der Waals surface area contributed by atoms with Crippen molar-refractivity contribution in [2.45, 2.75) is 32.3 Å². The molecule has 0 N–H and O–H groups in total. The average molecular weight is 428 g/mol. The van der Waals surface area contributed by atoms with E-state index in [4.69, 9.17) is 10.00 Å². The van der Waals surface area contributed by atoms with Gasteiger partial charge in [0, 0.05) is 12.1 Å². The molecule has 2 aromatic heterocycles. The predicted molar refractivity (Wildman–Crippen MR) is 100 cm³/mol. The van der Waals surface area contributed by atoms with Gasteiger partial charge in [-0.15, -0.1) is 0 Å². The fourth-order valence-electron chi connectivity index (χ4n) is 3.22. The highest BCUT2D eigenvalue weighted by molar-refractivity contribution is 5.97. The molecular weight excluding hydrogens is 413 g/mol. The Morgan fingerprint density at radius 3 is 2.71 bits per heavy atom. The van der Waals surface area contributed by atoms with Gasteiger partial charge < -0.3 is 9.64 Å². The topological polar surface area (TPSA) is 96.9 Å². The average Bonchev–Trinajstić information content (AvgIpc) is 3.34. The minimum Gasteiger partial charge on any atom is -0.480 e. The van der Waals surface area contributed by atoms with Crippen LogP contribution in [0.4, 0.5) is 13.2 Å². The number of rotatable bonds is 4. The molecule has 1 amide bonds. The van der Waals surface area contributed by atoms with Crippen molar-refractivity contribution < 1.29 is 22.7 Å². The summed E-state index contributed by atoms with van der Waals surface area (Å²) in [6, 6.07) is 7.36. The first-order chi connectivity index (χ1) is 14.8. The largest absolute Gasteiger partial charge is 0.480 e. The highest BCUT2D eigenvalue weighted by atomic mass is 19.4. The van der Waals surface area contributed by atoms with Crippen LogP contribution in [0.3, 0.4) is 0 Å². The van der Waals surface area contributed by atoms with Crippen LogP contribution in [0, 0.1) is 11.3 Å². The molecule has 158 valence electrons. The van der Waals surface area contributed by atoms with Crippen molar-refractivity contribution in [3.63, 3.8) is 0 Å². The molecule has 0 bridgehead atoms. The van der Waals surface area contributed by atoms with Crippen molar-refractivity contribution in [2.75, 3.05) is 0 Å². The molecule has 0 fully saturated rings. The van der Waals surface area contributed by atoms with Crippen LogP contribution in [0.5, 0.6) is 5.75 Å². The van der Waals surface area contributed by atoms with E-state index in [-0.39, 0.29) is 30.0 Å². The maximum absolute atomic E-state index is 13.2. The summed E-state index contributed by atoms with van der Waals surface area (Å²) in [6.07, 6.45) is -2.05. The third kappa shape index (κ3) is 3.92. The second-order valence-corrected chi connectivity index (χ2v) is 6.91. The summed E-state index contributed by atoms with van der Waals surface area (Å²) in [4.78, 5) is 14.6. The van der Waals surface area contributed by atoms with Crippen molar-refractivity contribution in [2.24, 2.45) is 0 Å². The Balaban J connectivity index is 1.62. The van der Waals surface area contributed by atoms with Gasteiger partial charge in [-0.3, -0.25) is 4.79 Å². The molecule has 3 aromatic rings. The number of carbonyl (C=O) groups excluding carboxylic acids is 1. The molecule has 0 radical (unpaired) electrons. The molecule has 31 heavy (non-hydrogen) atoms. The number of hydrogen-bond acceptors (Lipinski definition) is 6. The van der Waals surface area contributed by atoms with Crippen molar-refractivity contribution in [1.82, 2.24) is 24.9 Å². The summed E-state index contributed by atoms with van der Waals surface area (Å²) in [5.74, 6) is -0.776. The van der Waals surface area contributed by atoms with E-state index in [1.54, 1.807) is 16.9 Å². The molecular formula is C20H15F3N6O2. The maximum atomic E-state index is 13.2. The molecule has 1 aromatic carbocycles. The van der Waals surface area contributed by atoms with Gasteiger partial charge in [0.15, 0.2) is 6.10 Å². The summed E-state index contributed by atoms with van der Waals surface area (Å²) in [6.45, 7) is 1.26. The molecule has 1 aliphatic rings. The Kier molecular flexibility index (Phi) is 5.06. The van der Waals surface area contributed by atoms with Crippen LogP contribution in [0.2, 0.25) is 0 Å². The fraction of sp³-hybridized carbons (Fsp3) is 0.250. The molecule has 3 heterocycles. The summed E-state index contributed by atoms with van der Waals surface area (Å²) in [5.41, 5.74) is 2.25. The molecule has 11 heteroatoms. The van der Waals surface area contributed by atoms with Crippen LogP contribution < -0.4 is 4.74 Å². The van der Waals surface area contributed by atoms with Crippen molar-refractivity contribution in [3.05, 3.63) is 65.2 Å². The highest BCUT2D eigenvalue weighted by Crippen LogP contribution is 2.31. The van der Waals surface area contributed by atoms with Crippen LogP contribution in [-0.2, 0) is 13.1 Å². The van der Waals surface area contributed by atoms with Gasteiger partial charge >= 0.3 is 6.18 Å². The van der Waals surface area contributed by atoms with Crippen molar-refractivity contribution in [1.29, 1.82) is 5.26 Å². The summed E-state index contributed by atoms with van der Waals surface area (Å²) < 4.78 is 45.6. The Hall–Kier alpha value is -3.94. The van der Waals surface area contributed by atoms with Gasteiger partial charge in [-0.2, -0.15) is 33.7 Å². The van der Waals surface area contributed by atoms with Crippen LogP contribution >= 0.6 is 0 Å². The number of amides is 1. The van der Waals surface area contributed by atoms with Gasteiger partial charge in [0.05, 0.1) is 53.7 Å². The minimum atomic E-state index is -4.60. The highest BCUT2D eigenvalue weighted by Gasteiger charge is 2.39. The number of carbonyl (C=O) groups is 1. The van der Waals surface area contributed by atoms with Crippen LogP contribution in [0.25, 0.3) is 5.69 Å². The second-order valence-electron chi connectivity index (χ2n) is 6.91. The number of fused-ring (bicyclic) bond motifs is 1. The number of nitrogens with zero attached hydrogens (tertiary/aromatic N) is 6. The van der Waals surface area contributed by atoms with Gasteiger partial charge in [0.25, 0.3) is 5.91 Å². The standard InChI is InChI=1S/C20H15F3N6O2/c1-12(20(21,22)23)31-18-3-2-13(7-24)6-16(18)19(30)28-10-14-8-27-29(17(14)11-28)15-4-5-25-26-9-15/h2-6,8-9,12H,10-11H2,1H3/t12-/m0/s1. The number of ether oxygens (including phenoxy) is 1. The number of nitriles is 1. The Bertz CT molecular complexity index is 1170. The normalized spacial score (nSPS) is 14.1. The van der Waals surface area contributed by atoms with Gasteiger partial charge in [-0.1, -0.05) is 0 Å². The van der Waals surface area contributed by atoms with E-state index >= 15 is 0 Å². The van der Waals surface area contributed by atoms with Gasteiger partial charge in [0.1, 0.15) is 5.75 Å². The van der Waals surface area contributed by atoms with Crippen molar-refractivity contribution in [3.8, 4) is 17.5 Å². The molecule has 0 saturated heterocycles. The smallest absolute Gasteiger partial charge is 0.425 e. The monoisotopic (exact) mass is 428 g/mol. The second kappa shape index (κ2) is 7.71. The lowest BCUT2D eigenvalue weighted by Crippen LogP contribution is -2.32. The van der Waals surface area contributed by atoms with Crippen LogP contribution in [0.1, 0.15) is 34.1 Å². The Labute approximate surface area is 174 Å². The SMILES string of the molecule is C[C@H](Oc1ccc(C#N)cc1C(=O)N1Cc2cnn(-c3ccnnc3)c2C1)C(F)(F)F. The van der Waals surface area contributed by atoms with Crippen molar-refractivity contribution >= 4 is 5.91 Å². The quantitative estimate of drug-likeness (QED) is 0.634. The number of aromatic nitrogens is 4. The van der Waals surface area contributed by atoms with E-state index in [1.807, 2.05) is 6.07 Å². The molecule has 0 unspecified atom stereocenters. The van der Waals surface area contributed by atoms with E-state index in [2.05, 4.69) is 15.3 Å². The molecule has 1 aliphatic heterocycles. The maximum Gasteiger partial charge on any atom is 0.425 e. The number of hydrogen-bond donors (Lipinski definition) is 0. The summed E-state index contributed by atoms with van der Waals surface area (Å²) in [5, 5.41) is 21.0. The number of halogens is 3. The lowest BCUT2D eigenvalue weighted by atomic mass is 10.1. The predicted octanol–water partition coefficient (Wildman–Crippen LogP) is 3.02. The van der Waals surface area contributed by atoms with E-state index in [0.717, 1.165) is 18.2 Å². The summed E-state index contributed by atoms with van der Waals surface area (Å²) in [7, 11) is 0. The fourth-order valence-corrected chi connectivity index (χ4v) is 3.22. The lowest BCUT2D eigenvalue weighted by molar-refractivity contribution is -0.189. The first kappa shape index (κ1) is 20.3. The first-order valence-corrected chi connectivity index (χ1v) is 9.17. The van der Waals surface area contributed by atoms with Gasteiger partial charge in [-0.25, -0.2) is 4.68 Å². The lowest BCUT2D eigenvalue weighted by Gasteiger charge is -2.22. The van der Waals surface area contributed by atoms with E-state index in [1.165, 1.54) is 35.5 Å². The molecule has 1 atom stereocenters. The van der Waals surface area contributed by atoms with Gasteiger partial charge in [-0.05, 0) is 31.2 Å². The van der Waals surface area contributed by atoms with Crippen LogP contribution in [-0.4, -0.2) is 43.1 Å². The minimum absolute atomic E-state index is 0.106. The van der Waals surface area contributed by atoms with E-state index < -0.39 is 18.2 Å². The zero-order valence-corrected chi connectivity index (χ0v) is 16.2. The van der Waals surface area contributed by atoms with Crippen LogP contribution in [0.15, 0.2) is 42.9 Å². The van der Waals surface area contributed by atoms with Gasteiger partial charge in [0.2, 0.25) is 0 Å². The molecule has 0 spiro atoms. The zero-order chi connectivity index (χ0) is 22.2. The Morgan fingerprint density at radius 1 is 1.23 bits per heavy atom. The molecule has 4 rings (SSSR count). The number of benzene rings is 1. The van der Waals surface area contributed by atoms with E-state index in [0.29, 0.717) is 5.69 Å². The number of alkyl halides is 3. The Morgan fingerprint density at radius 2 is 2.03 bits per heavy atom. The molecule has 0 aliphatic carbocycles. The van der Waals surface area contributed by atoms with E-state index in [9.17, 15) is 18.0 Å². The third-order valence-corrected chi connectivity index (χ3v) is 4.86. The third-order valence-electron chi connectivity index (χ3n) is 4.86. The molecule has 8 nitrogen and oxygen atoms in total. The first-order valence-electron chi connectivity index (χ1n) is 9.17.